The van der Waals surface area contributed by atoms with Crippen molar-refractivity contribution in [2.45, 2.75) is 26.9 Å². The minimum Gasteiger partial charge on any atom is -0.496 e. The molecule has 26 heavy (non-hydrogen) atoms. The van der Waals surface area contributed by atoms with Crippen molar-refractivity contribution in [3.8, 4) is 11.5 Å². The zero-order valence-electron chi connectivity index (χ0n) is 15.5. The van der Waals surface area contributed by atoms with E-state index in [1.54, 1.807) is 7.11 Å². The molecule has 0 saturated heterocycles. The van der Waals surface area contributed by atoms with Crippen LogP contribution in [0.25, 0.3) is 0 Å². The van der Waals surface area contributed by atoms with Crippen LogP contribution >= 0.6 is 11.6 Å². The number of halogens is 1. The smallest absolute Gasteiger partial charge is 0.343 e. The van der Waals surface area contributed by atoms with Crippen molar-refractivity contribution in [3.63, 3.8) is 0 Å². The molecular formula is C20H24ClNO4. The lowest BCUT2D eigenvalue weighted by atomic mass is 10.1. The van der Waals surface area contributed by atoms with Crippen LogP contribution in [-0.2, 0) is 22.6 Å². The first-order valence-electron chi connectivity index (χ1n) is 8.27. The van der Waals surface area contributed by atoms with Gasteiger partial charge in [0.25, 0.3) is 0 Å². The minimum absolute atomic E-state index is 0.0929. The molecule has 0 amide bonds. The Morgan fingerprint density at radius 2 is 1.77 bits per heavy atom. The molecule has 0 heterocycles. The van der Waals surface area contributed by atoms with Crippen molar-refractivity contribution in [3.05, 3.63) is 57.6 Å². The molecular weight excluding hydrogens is 354 g/mol. The van der Waals surface area contributed by atoms with Gasteiger partial charge in [-0.05, 0) is 48.7 Å². The first kappa shape index (κ1) is 20.1. The number of hydrogen-bond donors (Lipinski definition) is 1. The van der Waals surface area contributed by atoms with E-state index in [1.807, 2.05) is 44.2 Å². The Morgan fingerprint density at radius 1 is 1.08 bits per heavy atom. The molecule has 0 bridgehead atoms. The highest BCUT2D eigenvalue weighted by molar-refractivity contribution is 6.30. The van der Waals surface area contributed by atoms with Gasteiger partial charge >= 0.3 is 5.97 Å². The molecule has 0 aromatic heterocycles. The number of rotatable bonds is 8. The highest BCUT2D eigenvalue weighted by Crippen LogP contribution is 2.25. The summed E-state index contributed by atoms with van der Waals surface area (Å²) in [6.07, 6.45) is 0. The van der Waals surface area contributed by atoms with Crippen LogP contribution in [0.2, 0.25) is 5.02 Å². The van der Waals surface area contributed by atoms with Gasteiger partial charge in [0, 0.05) is 23.7 Å². The summed E-state index contributed by atoms with van der Waals surface area (Å²) in [5, 5.41) is 4.08. The van der Waals surface area contributed by atoms with E-state index >= 15 is 0 Å². The lowest BCUT2D eigenvalue weighted by molar-refractivity contribution is -0.142. The fourth-order valence-electron chi connectivity index (χ4n) is 2.79. The Labute approximate surface area is 159 Å². The van der Waals surface area contributed by atoms with Crippen LogP contribution in [0, 0.1) is 13.8 Å². The predicted molar refractivity (Wildman–Crippen MR) is 102 cm³/mol. The molecule has 0 aliphatic rings. The maximum Gasteiger partial charge on any atom is 0.343 e. The number of ether oxygens (including phenoxy) is 3. The molecule has 0 fully saturated rings. The lowest BCUT2D eigenvalue weighted by Gasteiger charge is -2.14. The summed E-state index contributed by atoms with van der Waals surface area (Å²) in [7, 11) is 2.99. The van der Waals surface area contributed by atoms with Gasteiger partial charge in [-0.15, -0.1) is 0 Å². The first-order chi connectivity index (χ1) is 12.4. The Morgan fingerprint density at radius 3 is 2.38 bits per heavy atom. The highest BCUT2D eigenvalue weighted by atomic mass is 35.5. The number of benzene rings is 2. The van der Waals surface area contributed by atoms with Gasteiger partial charge in [0.1, 0.15) is 11.5 Å². The summed E-state index contributed by atoms with van der Waals surface area (Å²) in [4.78, 5) is 11.3. The average molecular weight is 378 g/mol. The molecule has 2 rings (SSSR count). The monoisotopic (exact) mass is 377 g/mol. The van der Waals surface area contributed by atoms with Gasteiger partial charge in [-0.2, -0.15) is 0 Å². The number of esters is 1. The van der Waals surface area contributed by atoms with Gasteiger partial charge in [0.2, 0.25) is 0 Å². The van der Waals surface area contributed by atoms with Crippen molar-refractivity contribution < 1.29 is 19.0 Å². The van der Waals surface area contributed by atoms with Gasteiger partial charge in [-0.25, -0.2) is 4.79 Å². The van der Waals surface area contributed by atoms with Crippen LogP contribution in [0.4, 0.5) is 0 Å². The number of aryl methyl sites for hydroxylation is 2. The quantitative estimate of drug-likeness (QED) is 0.709. The van der Waals surface area contributed by atoms with E-state index in [0.29, 0.717) is 18.1 Å². The average Bonchev–Trinajstić information content (AvgIpc) is 2.61. The van der Waals surface area contributed by atoms with E-state index in [2.05, 4.69) is 10.1 Å². The van der Waals surface area contributed by atoms with Crippen molar-refractivity contribution >= 4 is 17.6 Å². The molecule has 140 valence electrons. The molecule has 2 aromatic rings. The summed E-state index contributed by atoms with van der Waals surface area (Å²) in [5.41, 5.74) is 4.09. The number of carbonyl (C=O) groups excluding carboxylic acids is 1. The molecule has 0 aliphatic carbocycles. The highest BCUT2D eigenvalue weighted by Gasteiger charge is 2.10. The molecule has 0 spiro atoms. The summed E-state index contributed by atoms with van der Waals surface area (Å²) < 4.78 is 15.5. The Bertz CT molecular complexity index is 753. The van der Waals surface area contributed by atoms with E-state index in [0.717, 1.165) is 33.8 Å². The van der Waals surface area contributed by atoms with Gasteiger partial charge in [0.05, 0.1) is 14.2 Å². The van der Waals surface area contributed by atoms with E-state index in [-0.39, 0.29) is 6.61 Å². The molecule has 0 aliphatic heterocycles. The molecule has 0 atom stereocenters. The standard InChI is InChI=1S/C20H24ClNO4/c1-13-7-15(8-14(2)20(13)26-12-19(23)25-4)10-22-11-16-9-17(21)5-6-18(16)24-3/h5-9,22H,10-12H2,1-4H3. The van der Waals surface area contributed by atoms with Crippen LogP contribution in [0.5, 0.6) is 11.5 Å². The summed E-state index contributed by atoms with van der Waals surface area (Å²) >= 11 is 6.06. The van der Waals surface area contributed by atoms with E-state index in [4.69, 9.17) is 21.1 Å². The second-order valence-electron chi connectivity index (χ2n) is 5.98. The molecule has 0 saturated carbocycles. The molecule has 1 N–H and O–H groups in total. The second-order valence-corrected chi connectivity index (χ2v) is 6.42. The third-order valence-electron chi connectivity index (χ3n) is 3.97. The zero-order valence-corrected chi connectivity index (χ0v) is 16.3. The van der Waals surface area contributed by atoms with Gasteiger partial charge in [0.15, 0.2) is 6.61 Å². The third-order valence-corrected chi connectivity index (χ3v) is 4.20. The predicted octanol–water partition coefficient (Wildman–Crippen LogP) is 3.81. The van der Waals surface area contributed by atoms with Crippen molar-refractivity contribution in [2.75, 3.05) is 20.8 Å². The number of hydrogen-bond acceptors (Lipinski definition) is 5. The summed E-state index contributed by atoms with van der Waals surface area (Å²) in [6, 6.07) is 9.65. The summed E-state index contributed by atoms with van der Waals surface area (Å²) in [6.45, 7) is 5.16. The number of nitrogens with one attached hydrogen (secondary N) is 1. The van der Waals surface area contributed by atoms with Crippen LogP contribution < -0.4 is 14.8 Å². The first-order valence-corrected chi connectivity index (χ1v) is 8.65. The fourth-order valence-corrected chi connectivity index (χ4v) is 2.98. The zero-order chi connectivity index (χ0) is 19.1. The fraction of sp³-hybridized carbons (Fsp3) is 0.350. The summed E-state index contributed by atoms with van der Waals surface area (Å²) in [5.74, 6) is 1.13. The van der Waals surface area contributed by atoms with Gasteiger partial charge < -0.3 is 19.5 Å². The Balaban J connectivity index is 2.00. The normalized spacial score (nSPS) is 10.5. The van der Waals surface area contributed by atoms with Crippen LogP contribution in [0.3, 0.4) is 0 Å². The minimum atomic E-state index is -0.398. The maximum atomic E-state index is 11.3. The largest absolute Gasteiger partial charge is 0.496 e. The maximum absolute atomic E-state index is 11.3. The Kier molecular flexibility index (Phi) is 7.30. The molecule has 2 aromatic carbocycles. The van der Waals surface area contributed by atoms with Crippen LogP contribution in [-0.4, -0.2) is 26.8 Å². The van der Waals surface area contributed by atoms with E-state index in [9.17, 15) is 4.79 Å². The molecule has 0 radical (unpaired) electrons. The molecule has 0 unspecified atom stereocenters. The van der Waals surface area contributed by atoms with Gasteiger partial charge in [-0.3, -0.25) is 0 Å². The topological polar surface area (TPSA) is 56.8 Å². The Hall–Kier alpha value is -2.24. The molecule has 6 heteroatoms. The van der Waals surface area contributed by atoms with Crippen LogP contribution in [0.1, 0.15) is 22.3 Å². The molecule has 5 nitrogen and oxygen atoms in total. The van der Waals surface area contributed by atoms with Crippen LogP contribution in [0.15, 0.2) is 30.3 Å². The second kappa shape index (κ2) is 9.46. The van der Waals surface area contributed by atoms with E-state index in [1.165, 1.54) is 7.11 Å². The van der Waals surface area contributed by atoms with Crippen molar-refractivity contribution in [1.82, 2.24) is 5.32 Å². The third kappa shape index (κ3) is 5.38. The number of carbonyl (C=O) groups is 1. The van der Waals surface area contributed by atoms with Crippen molar-refractivity contribution in [1.29, 1.82) is 0 Å². The van der Waals surface area contributed by atoms with Crippen molar-refractivity contribution in [2.24, 2.45) is 0 Å². The van der Waals surface area contributed by atoms with Gasteiger partial charge in [-0.1, -0.05) is 23.7 Å². The van der Waals surface area contributed by atoms with E-state index < -0.39 is 5.97 Å². The number of methoxy groups -OCH3 is 2. The SMILES string of the molecule is COC(=O)COc1c(C)cc(CNCc2cc(Cl)ccc2OC)cc1C. The lowest BCUT2D eigenvalue weighted by Crippen LogP contribution is -2.15.